The Balaban J connectivity index is 1.23. The Bertz CT molecular complexity index is 2060. The predicted octanol–water partition coefficient (Wildman–Crippen LogP) is 6.56. The summed E-state index contributed by atoms with van der Waals surface area (Å²) >= 11 is 3.25. The number of rotatable bonds is 7. The molecular formula is C39H32BrNO8. The number of benzene rings is 3. The number of ether oxygens (including phenoxy) is 3. The van der Waals surface area contributed by atoms with Gasteiger partial charge in [-0.05, 0) is 82.7 Å². The fourth-order valence-electron chi connectivity index (χ4n) is 7.68. The van der Waals surface area contributed by atoms with E-state index in [1.165, 1.54) is 24.2 Å². The van der Waals surface area contributed by atoms with Gasteiger partial charge in [0.1, 0.15) is 23.0 Å². The first-order valence-corrected chi connectivity index (χ1v) is 16.6. The number of phenols is 1. The number of carbonyl (C=O) groups excluding carboxylic acids is 4. The second-order valence-electron chi connectivity index (χ2n) is 12.3. The van der Waals surface area contributed by atoms with Crippen molar-refractivity contribution in [3.63, 3.8) is 0 Å². The van der Waals surface area contributed by atoms with Crippen LogP contribution in [0.2, 0.25) is 0 Å². The number of anilines is 1. The molecule has 0 saturated carbocycles. The number of allylic oxidation sites excluding steroid dienone is 6. The van der Waals surface area contributed by atoms with Crippen LogP contribution in [0.5, 0.6) is 23.0 Å². The molecule has 1 heterocycles. The van der Waals surface area contributed by atoms with Crippen molar-refractivity contribution in [2.24, 2.45) is 17.8 Å². The summed E-state index contributed by atoms with van der Waals surface area (Å²) in [4.78, 5) is 56.6. The number of fused-ring (bicyclic) bond motifs is 3. The number of hydrogen-bond donors (Lipinski definition) is 1. The SMILES string of the molecule is COc1ccc(OC)c(C=Cc2ccc(N3C(=O)C4CC=C5C(c6c(O)cccc6OC)C6=C(CC5C4C3=O)C(=O)C(Br)=CC6=O)cc2)c1. The number of methoxy groups -OCH3 is 3. The number of aromatic hydroxyl groups is 1. The van der Waals surface area contributed by atoms with E-state index in [4.69, 9.17) is 14.2 Å². The second kappa shape index (κ2) is 12.7. The molecule has 4 unspecified atom stereocenters. The highest BCUT2D eigenvalue weighted by Gasteiger charge is 2.57. The highest BCUT2D eigenvalue weighted by Crippen LogP contribution is 2.57. The summed E-state index contributed by atoms with van der Waals surface area (Å²) in [6, 6.07) is 17.5. The summed E-state index contributed by atoms with van der Waals surface area (Å²) < 4.78 is 16.6. The van der Waals surface area contributed by atoms with Crippen LogP contribution >= 0.6 is 15.9 Å². The van der Waals surface area contributed by atoms with Gasteiger partial charge in [-0.2, -0.15) is 0 Å². The molecule has 0 spiro atoms. The number of halogens is 1. The Morgan fingerprint density at radius 2 is 1.61 bits per heavy atom. The molecular weight excluding hydrogens is 690 g/mol. The molecule has 4 atom stereocenters. The molecule has 4 aliphatic rings. The Kier molecular flexibility index (Phi) is 8.36. The van der Waals surface area contributed by atoms with Gasteiger partial charge in [0.15, 0.2) is 11.6 Å². The van der Waals surface area contributed by atoms with Crippen LogP contribution in [0, 0.1) is 17.8 Å². The van der Waals surface area contributed by atoms with E-state index in [1.807, 2.05) is 48.6 Å². The van der Waals surface area contributed by atoms with Crippen molar-refractivity contribution in [1.82, 2.24) is 0 Å². The fraction of sp³-hybridized carbons (Fsp3) is 0.231. The zero-order valence-electron chi connectivity index (χ0n) is 26.9. The maximum absolute atomic E-state index is 14.3. The number of carbonyl (C=O) groups is 4. The molecule has 1 fully saturated rings. The lowest BCUT2D eigenvalue weighted by Crippen LogP contribution is -2.39. The molecule has 10 heteroatoms. The van der Waals surface area contributed by atoms with Crippen LogP contribution in [-0.2, 0) is 19.2 Å². The smallest absolute Gasteiger partial charge is 0.238 e. The summed E-state index contributed by atoms with van der Waals surface area (Å²) in [6.45, 7) is 0. The lowest BCUT2D eigenvalue weighted by atomic mass is 9.59. The molecule has 0 aromatic heterocycles. The molecule has 0 bridgehead atoms. The van der Waals surface area contributed by atoms with Crippen LogP contribution in [0.25, 0.3) is 12.2 Å². The number of amides is 2. The monoisotopic (exact) mass is 721 g/mol. The number of phenolic OH excluding ortho intramolecular Hbond substituents is 1. The van der Waals surface area contributed by atoms with E-state index in [2.05, 4.69) is 15.9 Å². The van der Waals surface area contributed by atoms with E-state index < -0.39 is 23.7 Å². The number of imide groups is 1. The highest BCUT2D eigenvalue weighted by molar-refractivity contribution is 9.12. The van der Waals surface area contributed by atoms with Gasteiger partial charge in [-0.25, -0.2) is 0 Å². The van der Waals surface area contributed by atoms with Gasteiger partial charge in [0.25, 0.3) is 0 Å². The molecule has 1 saturated heterocycles. The largest absolute Gasteiger partial charge is 0.507 e. The van der Waals surface area contributed by atoms with Crippen LogP contribution in [0.1, 0.15) is 35.4 Å². The van der Waals surface area contributed by atoms with Crippen LogP contribution in [0.3, 0.4) is 0 Å². The van der Waals surface area contributed by atoms with Crippen molar-refractivity contribution in [2.45, 2.75) is 18.8 Å². The molecule has 2 amide bonds. The van der Waals surface area contributed by atoms with Gasteiger partial charge in [-0.3, -0.25) is 24.1 Å². The lowest BCUT2D eigenvalue weighted by molar-refractivity contribution is -0.123. The van der Waals surface area contributed by atoms with Gasteiger partial charge in [0.05, 0.1) is 43.3 Å². The zero-order chi connectivity index (χ0) is 34.6. The van der Waals surface area contributed by atoms with E-state index in [1.54, 1.807) is 38.5 Å². The van der Waals surface area contributed by atoms with Gasteiger partial charge < -0.3 is 19.3 Å². The van der Waals surface area contributed by atoms with Gasteiger partial charge in [-0.15, -0.1) is 0 Å². The highest BCUT2D eigenvalue weighted by atomic mass is 79.9. The molecule has 3 aliphatic carbocycles. The molecule has 1 aliphatic heterocycles. The van der Waals surface area contributed by atoms with Gasteiger partial charge in [0, 0.05) is 34.3 Å². The quantitative estimate of drug-likeness (QED) is 0.126. The van der Waals surface area contributed by atoms with Crippen molar-refractivity contribution in [3.8, 4) is 23.0 Å². The first-order chi connectivity index (χ1) is 23.7. The zero-order valence-corrected chi connectivity index (χ0v) is 28.5. The van der Waals surface area contributed by atoms with Crippen molar-refractivity contribution < 1.29 is 38.5 Å². The molecule has 3 aromatic rings. The number of Topliss-reactive ketones (excluding diaryl/α,β-unsaturated/α-hetero) is 1. The number of hydrogen-bond acceptors (Lipinski definition) is 8. The Hall–Kier alpha value is -5.22. The van der Waals surface area contributed by atoms with Crippen molar-refractivity contribution >= 4 is 57.2 Å². The van der Waals surface area contributed by atoms with Crippen molar-refractivity contribution in [1.29, 1.82) is 0 Å². The van der Waals surface area contributed by atoms with E-state index in [0.29, 0.717) is 28.5 Å². The molecule has 49 heavy (non-hydrogen) atoms. The first-order valence-electron chi connectivity index (χ1n) is 15.8. The Morgan fingerprint density at radius 1 is 0.857 bits per heavy atom. The third kappa shape index (κ3) is 5.31. The fourth-order valence-corrected chi connectivity index (χ4v) is 8.13. The summed E-state index contributed by atoms with van der Waals surface area (Å²) in [5.41, 5.74) is 3.74. The summed E-state index contributed by atoms with van der Waals surface area (Å²) in [7, 11) is 4.67. The molecule has 0 radical (unpaired) electrons. The summed E-state index contributed by atoms with van der Waals surface area (Å²) in [5, 5.41) is 11.1. The van der Waals surface area contributed by atoms with E-state index in [9.17, 15) is 24.3 Å². The van der Waals surface area contributed by atoms with E-state index in [0.717, 1.165) is 16.7 Å². The maximum atomic E-state index is 14.3. The molecule has 7 rings (SSSR count). The first kappa shape index (κ1) is 32.3. The Labute approximate surface area is 291 Å². The maximum Gasteiger partial charge on any atom is 0.238 e. The van der Waals surface area contributed by atoms with Crippen LogP contribution in [0.4, 0.5) is 5.69 Å². The van der Waals surface area contributed by atoms with Gasteiger partial charge >= 0.3 is 0 Å². The third-order valence-electron chi connectivity index (χ3n) is 9.93. The number of ketones is 2. The molecule has 1 N–H and O–H groups in total. The topological polar surface area (TPSA) is 119 Å². The third-order valence-corrected chi connectivity index (χ3v) is 10.5. The minimum atomic E-state index is -0.828. The standard InChI is InChI=1S/C39H32BrNO8/c1-47-23-13-16-31(48-2)21(17-23)10-7-20-8-11-22(12-9-20)41-38(45)25-15-14-24-26(33(25)39(41)46)18-27-34(30(43)19-28(40)37(27)44)35(24)36-29(42)5-4-6-32(36)49-3/h4-14,16-17,19,25-26,33,35,42H,15,18H2,1-3H3. The lowest BCUT2D eigenvalue weighted by Gasteiger charge is -2.42. The number of nitrogens with zero attached hydrogens (tertiary/aromatic N) is 1. The molecule has 248 valence electrons. The van der Waals surface area contributed by atoms with Crippen LogP contribution < -0.4 is 19.1 Å². The molecule has 9 nitrogen and oxygen atoms in total. The Morgan fingerprint density at radius 3 is 2.33 bits per heavy atom. The summed E-state index contributed by atoms with van der Waals surface area (Å²) in [6.07, 6.45) is 7.36. The van der Waals surface area contributed by atoms with E-state index in [-0.39, 0.29) is 57.6 Å². The average molecular weight is 723 g/mol. The van der Waals surface area contributed by atoms with Crippen molar-refractivity contribution in [2.75, 3.05) is 26.2 Å². The van der Waals surface area contributed by atoms with Crippen LogP contribution in [-0.4, -0.2) is 49.8 Å². The second-order valence-corrected chi connectivity index (χ2v) is 13.2. The molecule has 3 aromatic carbocycles. The normalized spacial score (nSPS) is 23.2. The summed E-state index contributed by atoms with van der Waals surface area (Å²) in [5.74, 6) is -2.50. The van der Waals surface area contributed by atoms with Crippen molar-refractivity contribution in [3.05, 3.63) is 111 Å². The average Bonchev–Trinajstić information content (AvgIpc) is 3.37. The van der Waals surface area contributed by atoms with Gasteiger partial charge in [-0.1, -0.05) is 42.0 Å². The predicted molar refractivity (Wildman–Crippen MR) is 187 cm³/mol. The van der Waals surface area contributed by atoms with Gasteiger partial charge in [0.2, 0.25) is 11.8 Å². The minimum Gasteiger partial charge on any atom is -0.507 e. The minimum absolute atomic E-state index is 0.0943. The van der Waals surface area contributed by atoms with E-state index >= 15 is 0 Å². The van der Waals surface area contributed by atoms with Crippen LogP contribution in [0.15, 0.2) is 94.0 Å².